The van der Waals surface area contributed by atoms with Gasteiger partial charge in [0.1, 0.15) is 0 Å². The molecule has 0 saturated carbocycles. The number of amides is 1. The van der Waals surface area contributed by atoms with Gasteiger partial charge in [-0.3, -0.25) is 4.79 Å². The summed E-state index contributed by atoms with van der Waals surface area (Å²) in [6.07, 6.45) is 1.73. The second-order valence-corrected chi connectivity index (χ2v) is 9.16. The Hall–Kier alpha value is -2.73. The Morgan fingerprint density at radius 1 is 1.00 bits per heavy atom. The van der Waals surface area contributed by atoms with Crippen molar-refractivity contribution in [2.75, 3.05) is 6.54 Å². The SMILES string of the molecule is Cc1nc(-c2cccs2)nc(-c2cc(Cl)cc(Cl)c2)c1C(=O)NCCCc1ccccc1. The molecule has 4 aromatic rings. The molecule has 0 saturated heterocycles. The zero-order valence-electron chi connectivity index (χ0n) is 17.4. The molecule has 0 radical (unpaired) electrons. The van der Waals surface area contributed by atoms with E-state index in [-0.39, 0.29) is 5.91 Å². The van der Waals surface area contributed by atoms with E-state index < -0.39 is 0 Å². The van der Waals surface area contributed by atoms with Crippen LogP contribution in [0.3, 0.4) is 0 Å². The summed E-state index contributed by atoms with van der Waals surface area (Å²) in [4.78, 5) is 23.5. The molecule has 0 fully saturated rings. The molecule has 0 aliphatic carbocycles. The average Bonchev–Trinajstić information content (AvgIpc) is 3.31. The molecule has 2 heterocycles. The highest BCUT2D eigenvalue weighted by atomic mass is 35.5. The number of benzene rings is 2. The monoisotopic (exact) mass is 481 g/mol. The molecule has 4 rings (SSSR count). The van der Waals surface area contributed by atoms with Crippen molar-refractivity contribution < 1.29 is 4.79 Å². The molecule has 7 heteroatoms. The van der Waals surface area contributed by atoms with Crippen molar-refractivity contribution in [3.8, 4) is 22.0 Å². The number of nitrogens with zero attached hydrogens (tertiary/aromatic N) is 2. The Morgan fingerprint density at radius 2 is 1.75 bits per heavy atom. The summed E-state index contributed by atoms with van der Waals surface area (Å²) < 4.78 is 0. The molecule has 32 heavy (non-hydrogen) atoms. The third-order valence-electron chi connectivity index (χ3n) is 4.97. The van der Waals surface area contributed by atoms with Gasteiger partial charge in [0.15, 0.2) is 5.82 Å². The molecule has 1 amide bonds. The fourth-order valence-electron chi connectivity index (χ4n) is 3.49. The van der Waals surface area contributed by atoms with Gasteiger partial charge in [-0.05, 0) is 55.0 Å². The number of rotatable bonds is 7. The van der Waals surface area contributed by atoms with Gasteiger partial charge in [0.2, 0.25) is 0 Å². The van der Waals surface area contributed by atoms with Gasteiger partial charge in [0.05, 0.1) is 21.8 Å². The van der Waals surface area contributed by atoms with E-state index in [1.54, 1.807) is 29.5 Å². The van der Waals surface area contributed by atoms with E-state index in [0.29, 0.717) is 44.9 Å². The minimum Gasteiger partial charge on any atom is -0.352 e. The lowest BCUT2D eigenvalue weighted by Crippen LogP contribution is -2.27. The van der Waals surface area contributed by atoms with Crippen molar-refractivity contribution in [3.63, 3.8) is 0 Å². The summed E-state index contributed by atoms with van der Waals surface area (Å²) in [7, 11) is 0. The molecule has 2 aromatic carbocycles. The molecule has 0 bridgehead atoms. The molecule has 0 atom stereocenters. The van der Waals surface area contributed by atoms with Crippen LogP contribution in [-0.2, 0) is 6.42 Å². The van der Waals surface area contributed by atoms with Crippen LogP contribution < -0.4 is 5.32 Å². The maximum atomic E-state index is 13.2. The molecule has 0 unspecified atom stereocenters. The first-order valence-corrected chi connectivity index (χ1v) is 11.9. The van der Waals surface area contributed by atoms with Crippen molar-refractivity contribution in [3.05, 3.63) is 92.9 Å². The number of hydrogen-bond acceptors (Lipinski definition) is 4. The molecular weight excluding hydrogens is 461 g/mol. The number of carbonyl (C=O) groups excluding carboxylic acids is 1. The van der Waals surface area contributed by atoms with Crippen molar-refractivity contribution in [1.82, 2.24) is 15.3 Å². The highest BCUT2D eigenvalue weighted by Crippen LogP contribution is 2.32. The molecule has 162 valence electrons. The standard InChI is InChI=1S/C25H21Cl2N3OS/c1-16-22(25(31)28-11-5-9-17-7-3-2-4-8-17)23(18-13-19(26)15-20(27)14-18)30-24(29-16)21-10-6-12-32-21/h2-4,6-8,10,12-15H,5,9,11H2,1H3,(H,28,31). The smallest absolute Gasteiger partial charge is 0.255 e. The van der Waals surface area contributed by atoms with Crippen LogP contribution in [0.25, 0.3) is 22.0 Å². The summed E-state index contributed by atoms with van der Waals surface area (Å²) >= 11 is 14.0. The summed E-state index contributed by atoms with van der Waals surface area (Å²) in [5, 5.41) is 5.96. The summed E-state index contributed by atoms with van der Waals surface area (Å²) in [5.74, 6) is 0.364. The maximum absolute atomic E-state index is 13.2. The lowest BCUT2D eigenvalue weighted by molar-refractivity contribution is 0.0952. The Kier molecular flexibility index (Phi) is 7.20. The maximum Gasteiger partial charge on any atom is 0.255 e. The van der Waals surface area contributed by atoms with Crippen molar-refractivity contribution in [2.24, 2.45) is 0 Å². The number of aryl methyl sites for hydroxylation is 2. The molecule has 1 N–H and O–H groups in total. The number of nitrogens with one attached hydrogen (secondary N) is 1. The largest absolute Gasteiger partial charge is 0.352 e. The first-order valence-electron chi connectivity index (χ1n) is 10.2. The van der Waals surface area contributed by atoms with Crippen LogP contribution in [0.15, 0.2) is 66.0 Å². The predicted octanol–water partition coefficient (Wildman–Crippen LogP) is 6.85. The molecule has 2 aromatic heterocycles. The predicted molar refractivity (Wildman–Crippen MR) is 133 cm³/mol. The minimum atomic E-state index is -0.209. The minimum absolute atomic E-state index is 0.209. The van der Waals surface area contributed by atoms with Crippen LogP contribution in [0, 0.1) is 6.92 Å². The van der Waals surface area contributed by atoms with E-state index >= 15 is 0 Å². The average molecular weight is 482 g/mol. The lowest BCUT2D eigenvalue weighted by atomic mass is 10.0. The third-order valence-corrected chi connectivity index (χ3v) is 6.27. The van der Waals surface area contributed by atoms with Crippen LogP contribution in [0.5, 0.6) is 0 Å². The van der Waals surface area contributed by atoms with Crippen LogP contribution in [0.4, 0.5) is 0 Å². The molecule has 4 nitrogen and oxygen atoms in total. The fraction of sp³-hybridized carbons (Fsp3) is 0.160. The third kappa shape index (κ3) is 5.36. The van der Waals surface area contributed by atoms with Crippen molar-refractivity contribution >= 4 is 40.4 Å². The van der Waals surface area contributed by atoms with E-state index in [4.69, 9.17) is 28.2 Å². The Morgan fingerprint density at radius 3 is 2.44 bits per heavy atom. The Labute approximate surface area is 201 Å². The van der Waals surface area contributed by atoms with Crippen LogP contribution in [-0.4, -0.2) is 22.4 Å². The zero-order valence-corrected chi connectivity index (χ0v) is 19.8. The molecule has 0 aliphatic rings. The van der Waals surface area contributed by atoms with Gasteiger partial charge in [-0.25, -0.2) is 9.97 Å². The Balaban J connectivity index is 1.63. The molecule has 0 aliphatic heterocycles. The zero-order chi connectivity index (χ0) is 22.5. The lowest BCUT2D eigenvalue weighted by Gasteiger charge is -2.14. The van der Waals surface area contributed by atoms with Gasteiger partial charge >= 0.3 is 0 Å². The van der Waals surface area contributed by atoms with E-state index in [0.717, 1.165) is 17.7 Å². The second-order valence-electron chi connectivity index (χ2n) is 7.34. The summed E-state index contributed by atoms with van der Waals surface area (Å²) in [6, 6.07) is 19.3. The highest BCUT2D eigenvalue weighted by Gasteiger charge is 2.21. The van der Waals surface area contributed by atoms with Gasteiger partial charge in [0, 0.05) is 22.2 Å². The van der Waals surface area contributed by atoms with Crippen LogP contribution >= 0.6 is 34.5 Å². The first kappa shape index (κ1) is 22.5. The normalized spacial score (nSPS) is 10.8. The Bertz CT molecular complexity index is 1210. The number of aromatic nitrogens is 2. The van der Waals surface area contributed by atoms with Gasteiger partial charge in [-0.2, -0.15) is 0 Å². The number of hydrogen-bond donors (Lipinski definition) is 1. The number of halogens is 2. The van der Waals surface area contributed by atoms with E-state index in [9.17, 15) is 4.79 Å². The van der Waals surface area contributed by atoms with Gasteiger partial charge in [-0.1, -0.05) is 59.6 Å². The summed E-state index contributed by atoms with van der Waals surface area (Å²) in [6.45, 7) is 2.38. The number of thiophene rings is 1. The molecule has 0 spiro atoms. The number of carbonyl (C=O) groups is 1. The quantitative estimate of drug-likeness (QED) is 0.293. The van der Waals surface area contributed by atoms with Crippen molar-refractivity contribution in [2.45, 2.75) is 19.8 Å². The first-order chi connectivity index (χ1) is 15.5. The van der Waals surface area contributed by atoms with Crippen LogP contribution in [0.1, 0.15) is 28.0 Å². The summed E-state index contributed by atoms with van der Waals surface area (Å²) in [5.41, 5.74) is 3.49. The topological polar surface area (TPSA) is 54.9 Å². The van der Waals surface area contributed by atoms with E-state index in [1.807, 2.05) is 42.6 Å². The fourth-order valence-corrected chi connectivity index (χ4v) is 4.67. The van der Waals surface area contributed by atoms with Crippen LogP contribution in [0.2, 0.25) is 10.0 Å². The second kappa shape index (κ2) is 10.3. The van der Waals surface area contributed by atoms with Gasteiger partial charge in [-0.15, -0.1) is 11.3 Å². The van der Waals surface area contributed by atoms with E-state index in [2.05, 4.69) is 22.4 Å². The van der Waals surface area contributed by atoms with Crippen molar-refractivity contribution in [1.29, 1.82) is 0 Å². The van der Waals surface area contributed by atoms with Gasteiger partial charge in [0.25, 0.3) is 5.91 Å². The van der Waals surface area contributed by atoms with Gasteiger partial charge < -0.3 is 5.32 Å². The highest BCUT2D eigenvalue weighted by molar-refractivity contribution is 7.13. The van der Waals surface area contributed by atoms with E-state index in [1.165, 1.54) is 5.56 Å². The molecular formula is C25H21Cl2N3OS.